The molecule has 0 aromatic rings. The van der Waals surface area contributed by atoms with Gasteiger partial charge in [0, 0.05) is 12.6 Å². The van der Waals surface area contributed by atoms with Crippen molar-refractivity contribution in [2.75, 3.05) is 13.2 Å². The lowest BCUT2D eigenvalue weighted by Crippen LogP contribution is -2.24. The van der Waals surface area contributed by atoms with Gasteiger partial charge in [-0.25, -0.2) is 4.21 Å². The highest BCUT2D eigenvalue weighted by Gasteiger charge is 2.18. The Kier molecular flexibility index (Phi) is 5.58. The quantitative estimate of drug-likeness (QED) is 0.714. The summed E-state index contributed by atoms with van der Waals surface area (Å²) in [6.07, 6.45) is 4.10. The average Bonchev–Trinajstić information content (AvgIpc) is 2.24. The van der Waals surface area contributed by atoms with Crippen LogP contribution in [0.2, 0.25) is 0 Å². The minimum Gasteiger partial charge on any atom is -0.353 e. The Morgan fingerprint density at radius 2 is 2.00 bits per heavy atom. The predicted octanol–water partition coefficient (Wildman–Crippen LogP) is 2.06. The van der Waals surface area contributed by atoms with E-state index in [1.807, 2.05) is 20.8 Å². The Hall–Kier alpha value is -0.260. The van der Waals surface area contributed by atoms with Crippen molar-refractivity contribution < 1.29 is 13.7 Å². The molecule has 1 aliphatic heterocycles. The van der Waals surface area contributed by atoms with Crippen LogP contribution < -0.4 is 0 Å². The number of hydrogen-bond acceptors (Lipinski definition) is 3. The SMILES string of the molecule is CC(C)(C)[S@@](=O)/N=C/CCC1OCCCO1. The molecule has 0 amide bonds. The molecule has 0 aromatic carbocycles. The van der Waals surface area contributed by atoms with E-state index in [2.05, 4.69) is 4.40 Å². The highest BCUT2D eigenvalue weighted by molar-refractivity contribution is 7.85. The van der Waals surface area contributed by atoms with Crippen molar-refractivity contribution in [3.05, 3.63) is 0 Å². The first-order valence-electron chi connectivity index (χ1n) is 5.68. The molecule has 0 N–H and O–H groups in total. The molecule has 1 aliphatic rings. The van der Waals surface area contributed by atoms with Gasteiger partial charge in [-0.3, -0.25) is 0 Å². The van der Waals surface area contributed by atoms with Gasteiger partial charge in [0.2, 0.25) is 0 Å². The minimum absolute atomic E-state index is 0.108. The van der Waals surface area contributed by atoms with E-state index >= 15 is 0 Å². The number of ether oxygens (including phenoxy) is 2. The Labute approximate surface area is 100 Å². The summed E-state index contributed by atoms with van der Waals surface area (Å²) in [6.45, 7) is 7.28. The molecule has 0 spiro atoms. The molecule has 0 bridgehead atoms. The third kappa shape index (κ3) is 5.18. The molecular weight excluding hydrogens is 226 g/mol. The van der Waals surface area contributed by atoms with Gasteiger partial charge in [0.25, 0.3) is 0 Å². The van der Waals surface area contributed by atoms with E-state index < -0.39 is 11.0 Å². The maximum absolute atomic E-state index is 11.6. The van der Waals surface area contributed by atoms with Crippen LogP contribution in [0, 0.1) is 0 Å². The molecule has 0 aromatic heterocycles. The van der Waals surface area contributed by atoms with Crippen LogP contribution in [0.15, 0.2) is 4.40 Å². The van der Waals surface area contributed by atoms with Gasteiger partial charge in [-0.15, -0.1) is 0 Å². The Balaban J connectivity index is 2.19. The molecule has 94 valence electrons. The number of rotatable bonds is 4. The predicted molar refractivity (Wildman–Crippen MR) is 65.9 cm³/mol. The van der Waals surface area contributed by atoms with Crippen LogP contribution in [-0.4, -0.2) is 34.7 Å². The fourth-order valence-electron chi connectivity index (χ4n) is 1.19. The summed E-state index contributed by atoms with van der Waals surface area (Å²) in [6, 6.07) is 0. The zero-order chi connectivity index (χ0) is 12.0. The second kappa shape index (κ2) is 6.47. The average molecular weight is 247 g/mol. The third-order valence-electron chi connectivity index (χ3n) is 2.12. The molecule has 1 rings (SSSR count). The van der Waals surface area contributed by atoms with Crippen molar-refractivity contribution in [1.82, 2.24) is 0 Å². The van der Waals surface area contributed by atoms with Crippen molar-refractivity contribution >= 4 is 17.2 Å². The maximum Gasteiger partial charge on any atom is 0.157 e. The Bertz CT molecular complexity index is 254. The van der Waals surface area contributed by atoms with Gasteiger partial charge in [-0.05, 0) is 33.6 Å². The molecule has 4 nitrogen and oxygen atoms in total. The second-order valence-corrected chi connectivity index (χ2v) is 6.69. The van der Waals surface area contributed by atoms with Crippen molar-refractivity contribution in [3.63, 3.8) is 0 Å². The van der Waals surface area contributed by atoms with Crippen LogP contribution in [0.1, 0.15) is 40.0 Å². The minimum atomic E-state index is -1.16. The topological polar surface area (TPSA) is 47.9 Å². The molecule has 16 heavy (non-hydrogen) atoms. The van der Waals surface area contributed by atoms with E-state index in [1.165, 1.54) is 0 Å². The van der Waals surface area contributed by atoms with E-state index in [-0.39, 0.29) is 11.0 Å². The van der Waals surface area contributed by atoms with Crippen LogP contribution >= 0.6 is 0 Å². The normalized spacial score (nSPS) is 21.4. The molecule has 0 radical (unpaired) electrons. The van der Waals surface area contributed by atoms with Gasteiger partial charge in [-0.1, -0.05) is 0 Å². The van der Waals surface area contributed by atoms with Crippen LogP contribution in [0.25, 0.3) is 0 Å². The summed E-state index contributed by atoms with van der Waals surface area (Å²) < 4.78 is 26.1. The van der Waals surface area contributed by atoms with Crippen molar-refractivity contribution in [1.29, 1.82) is 0 Å². The van der Waals surface area contributed by atoms with Crippen LogP contribution in [-0.2, 0) is 20.5 Å². The van der Waals surface area contributed by atoms with E-state index in [9.17, 15) is 4.21 Å². The standard InChI is InChI=1S/C11H21NO3S/c1-11(2,3)16(13)12-7-4-6-10-14-8-5-9-15-10/h7,10H,4-6,8-9H2,1-3H3/b12-7+/t16-/m1/s1. The fourth-order valence-corrected chi connectivity index (χ4v) is 1.75. The first-order valence-corrected chi connectivity index (χ1v) is 6.78. The zero-order valence-electron chi connectivity index (χ0n) is 10.3. The van der Waals surface area contributed by atoms with E-state index in [1.54, 1.807) is 6.21 Å². The molecule has 1 fully saturated rings. The first kappa shape index (κ1) is 13.8. The van der Waals surface area contributed by atoms with Crippen LogP contribution in [0.3, 0.4) is 0 Å². The van der Waals surface area contributed by atoms with Crippen LogP contribution in [0.5, 0.6) is 0 Å². The molecule has 0 saturated carbocycles. The first-order chi connectivity index (χ1) is 7.50. The van der Waals surface area contributed by atoms with E-state index in [4.69, 9.17) is 9.47 Å². The Morgan fingerprint density at radius 1 is 1.38 bits per heavy atom. The largest absolute Gasteiger partial charge is 0.353 e. The monoisotopic (exact) mass is 247 g/mol. The summed E-state index contributed by atoms with van der Waals surface area (Å²) in [5.74, 6) is 0. The fraction of sp³-hybridized carbons (Fsp3) is 0.909. The van der Waals surface area contributed by atoms with Gasteiger partial charge >= 0.3 is 0 Å². The zero-order valence-corrected chi connectivity index (χ0v) is 11.1. The lowest BCUT2D eigenvalue weighted by Gasteiger charge is -2.22. The van der Waals surface area contributed by atoms with E-state index in [0.29, 0.717) is 0 Å². The van der Waals surface area contributed by atoms with E-state index in [0.717, 1.165) is 32.5 Å². The van der Waals surface area contributed by atoms with Gasteiger partial charge in [0.1, 0.15) is 11.0 Å². The summed E-state index contributed by atoms with van der Waals surface area (Å²) in [5, 5.41) is 0. The number of nitrogens with zero attached hydrogens (tertiary/aromatic N) is 1. The molecule has 1 heterocycles. The summed E-state index contributed by atoms with van der Waals surface area (Å²) in [4.78, 5) is 0. The lowest BCUT2D eigenvalue weighted by atomic mass is 10.3. The molecule has 1 atom stereocenters. The van der Waals surface area contributed by atoms with Crippen molar-refractivity contribution in [2.24, 2.45) is 4.40 Å². The van der Waals surface area contributed by atoms with Gasteiger partial charge < -0.3 is 9.47 Å². The molecule has 1 saturated heterocycles. The summed E-state index contributed by atoms with van der Waals surface area (Å²) in [7, 11) is -1.16. The van der Waals surface area contributed by atoms with Crippen LogP contribution in [0.4, 0.5) is 0 Å². The van der Waals surface area contributed by atoms with Crippen molar-refractivity contribution in [2.45, 2.75) is 51.1 Å². The maximum atomic E-state index is 11.6. The molecule has 0 aliphatic carbocycles. The smallest absolute Gasteiger partial charge is 0.157 e. The highest BCUT2D eigenvalue weighted by atomic mass is 32.2. The van der Waals surface area contributed by atoms with Crippen molar-refractivity contribution in [3.8, 4) is 0 Å². The lowest BCUT2D eigenvalue weighted by molar-refractivity contribution is -0.180. The van der Waals surface area contributed by atoms with Gasteiger partial charge in [-0.2, -0.15) is 4.40 Å². The summed E-state index contributed by atoms with van der Waals surface area (Å²) >= 11 is 0. The van der Waals surface area contributed by atoms with Gasteiger partial charge in [0.05, 0.1) is 18.0 Å². The number of hydrogen-bond donors (Lipinski definition) is 0. The highest BCUT2D eigenvalue weighted by Crippen LogP contribution is 2.13. The molecule has 0 unspecified atom stereocenters. The summed E-state index contributed by atoms with van der Waals surface area (Å²) in [5.41, 5.74) is 0. The second-order valence-electron chi connectivity index (χ2n) is 4.75. The Morgan fingerprint density at radius 3 is 2.56 bits per heavy atom. The third-order valence-corrected chi connectivity index (χ3v) is 3.51. The molecular formula is C11H21NO3S. The molecule has 5 heteroatoms. The van der Waals surface area contributed by atoms with Gasteiger partial charge in [0.15, 0.2) is 6.29 Å².